The van der Waals surface area contributed by atoms with Gasteiger partial charge in [0.15, 0.2) is 0 Å². The van der Waals surface area contributed by atoms with Gasteiger partial charge in [0.05, 0.1) is 6.61 Å². The summed E-state index contributed by atoms with van der Waals surface area (Å²) in [7, 11) is 0. The third-order valence-electron chi connectivity index (χ3n) is 2.58. The molecule has 0 saturated heterocycles. The second kappa shape index (κ2) is 6.94. The van der Waals surface area contributed by atoms with Crippen LogP contribution in [0, 0.1) is 0 Å². The molecule has 1 rings (SSSR count). The van der Waals surface area contributed by atoms with E-state index in [4.69, 9.17) is 9.47 Å². The minimum absolute atomic E-state index is 0.397. The van der Waals surface area contributed by atoms with Crippen molar-refractivity contribution in [1.82, 2.24) is 0 Å². The van der Waals surface area contributed by atoms with Crippen molar-refractivity contribution in [3.8, 4) is 5.75 Å². The molecule has 0 fully saturated rings. The van der Waals surface area contributed by atoms with Crippen molar-refractivity contribution in [2.75, 3.05) is 6.61 Å². The molecule has 0 unspecified atom stereocenters. The number of carbonyl (C=O) groups excluding carboxylic acids is 1. The predicted molar refractivity (Wildman–Crippen MR) is 67.5 cm³/mol. The van der Waals surface area contributed by atoms with Crippen molar-refractivity contribution in [2.45, 2.75) is 40.0 Å². The lowest BCUT2D eigenvalue weighted by atomic mass is 10.0. The summed E-state index contributed by atoms with van der Waals surface area (Å²) >= 11 is 0. The van der Waals surface area contributed by atoms with Gasteiger partial charge in [0.1, 0.15) is 5.75 Å². The zero-order chi connectivity index (χ0) is 12.7. The average molecular weight is 236 g/mol. The van der Waals surface area contributed by atoms with E-state index < -0.39 is 6.16 Å². The van der Waals surface area contributed by atoms with Gasteiger partial charge in [-0.05, 0) is 36.5 Å². The normalized spacial score (nSPS) is 10.1. The molecule has 0 radical (unpaired) electrons. The summed E-state index contributed by atoms with van der Waals surface area (Å²) in [6.07, 6.45) is 1.96. The Morgan fingerprint density at radius 1 is 1.18 bits per heavy atom. The second-order valence-electron chi connectivity index (χ2n) is 3.80. The Bertz CT molecular complexity index is 372. The van der Waals surface area contributed by atoms with Crippen LogP contribution < -0.4 is 4.74 Å². The smallest absolute Gasteiger partial charge is 0.434 e. The third-order valence-corrected chi connectivity index (χ3v) is 2.58. The van der Waals surface area contributed by atoms with Gasteiger partial charge in [0.25, 0.3) is 0 Å². The van der Waals surface area contributed by atoms with Crippen LogP contribution >= 0.6 is 0 Å². The third kappa shape index (κ3) is 3.77. The minimum atomic E-state index is -0.616. The molecular weight excluding hydrogens is 216 g/mol. The molecule has 0 bridgehead atoms. The Balaban J connectivity index is 2.79. The molecule has 94 valence electrons. The molecular formula is C14H20O3. The molecule has 0 N–H and O–H groups in total. The maximum atomic E-state index is 11.4. The van der Waals surface area contributed by atoms with E-state index in [1.165, 1.54) is 5.56 Å². The molecule has 0 amide bonds. The minimum Gasteiger partial charge on any atom is -0.434 e. The van der Waals surface area contributed by atoms with E-state index in [0.717, 1.165) is 24.8 Å². The molecule has 0 spiro atoms. The number of ether oxygens (including phenoxy) is 2. The van der Waals surface area contributed by atoms with Gasteiger partial charge < -0.3 is 9.47 Å². The lowest BCUT2D eigenvalue weighted by Gasteiger charge is -2.12. The van der Waals surface area contributed by atoms with Crippen LogP contribution in [0.15, 0.2) is 18.2 Å². The molecule has 3 nitrogen and oxygen atoms in total. The van der Waals surface area contributed by atoms with Crippen molar-refractivity contribution in [1.29, 1.82) is 0 Å². The van der Waals surface area contributed by atoms with Gasteiger partial charge in [-0.1, -0.05) is 32.9 Å². The summed E-state index contributed by atoms with van der Waals surface area (Å²) in [6.45, 7) is 6.49. The molecule has 1 aromatic rings. The van der Waals surface area contributed by atoms with Crippen LogP contribution in [-0.4, -0.2) is 12.8 Å². The van der Waals surface area contributed by atoms with E-state index in [0.29, 0.717) is 12.4 Å². The number of benzene rings is 1. The maximum absolute atomic E-state index is 11.4. The standard InChI is InChI=1S/C14H20O3/c1-4-10-16-14(15)17-13-9-7-8-11(5-2)12(13)6-3/h7-9H,4-6,10H2,1-3H3. The van der Waals surface area contributed by atoms with Crippen LogP contribution in [0.4, 0.5) is 4.79 Å². The molecule has 3 heteroatoms. The Labute approximate surface area is 103 Å². The Morgan fingerprint density at radius 3 is 2.53 bits per heavy atom. The Morgan fingerprint density at radius 2 is 1.94 bits per heavy atom. The summed E-state index contributed by atoms with van der Waals surface area (Å²) in [6, 6.07) is 5.77. The largest absolute Gasteiger partial charge is 0.513 e. The SMILES string of the molecule is CCCOC(=O)Oc1cccc(CC)c1CC. The molecule has 0 aliphatic carbocycles. The first-order chi connectivity index (χ1) is 8.22. The van der Waals surface area contributed by atoms with Gasteiger partial charge in [-0.15, -0.1) is 0 Å². The maximum Gasteiger partial charge on any atom is 0.513 e. The zero-order valence-electron chi connectivity index (χ0n) is 10.8. The van der Waals surface area contributed by atoms with Crippen LogP contribution in [0.3, 0.4) is 0 Å². The van der Waals surface area contributed by atoms with E-state index in [1.54, 1.807) is 0 Å². The summed E-state index contributed by atoms with van der Waals surface area (Å²) in [5.74, 6) is 0.618. The Hall–Kier alpha value is -1.51. The molecule has 0 aliphatic rings. The summed E-state index contributed by atoms with van der Waals surface area (Å²) in [4.78, 5) is 11.4. The van der Waals surface area contributed by atoms with E-state index in [9.17, 15) is 4.79 Å². The van der Waals surface area contributed by atoms with Crippen molar-refractivity contribution in [2.24, 2.45) is 0 Å². The lowest BCUT2D eigenvalue weighted by molar-refractivity contribution is 0.0988. The second-order valence-corrected chi connectivity index (χ2v) is 3.80. The van der Waals surface area contributed by atoms with Gasteiger partial charge >= 0.3 is 6.16 Å². The fraction of sp³-hybridized carbons (Fsp3) is 0.500. The van der Waals surface area contributed by atoms with Gasteiger partial charge in [-0.25, -0.2) is 4.79 Å². The topological polar surface area (TPSA) is 35.5 Å². The first-order valence-electron chi connectivity index (χ1n) is 6.18. The van der Waals surface area contributed by atoms with Crippen molar-refractivity contribution >= 4 is 6.16 Å². The number of rotatable bonds is 5. The van der Waals surface area contributed by atoms with Gasteiger partial charge in [-0.2, -0.15) is 0 Å². The van der Waals surface area contributed by atoms with Crippen molar-refractivity contribution < 1.29 is 14.3 Å². The molecule has 0 saturated carbocycles. The Kier molecular flexibility index (Phi) is 5.53. The van der Waals surface area contributed by atoms with E-state index in [-0.39, 0.29) is 0 Å². The van der Waals surface area contributed by atoms with Crippen LogP contribution in [0.1, 0.15) is 38.3 Å². The van der Waals surface area contributed by atoms with Crippen LogP contribution in [-0.2, 0) is 17.6 Å². The highest BCUT2D eigenvalue weighted by molar-refractivity contribution is 5.64. The fourth-order valence-electron chi connectivity index (χ4n) is 1.74. The summed E-state index contributed by atoms with van der Waals surface area (Å²) in [5.41, 5.74) is 2.30. The molecule has 17 heavy (non-hydrogen) atoms. The molecule has 1 aromatic carbocycles. The highest BCUT2D eigenvalue weighted by Crippen LogP contribution is 2.24. The van der Waals surface area contributed by atoms with Crippen molar-refractivity contribution in [3.63, 3.8) is 0 Å². The van der Waals surface area contributed by atoms with Gasteiger partial charge in [-0.3, -0.25) is 0 Å². The predicted octanol–water partition coefficient (Wildman–Crippen LogP) is 3.74. The van der Waals surface area contributed by atoms with E-state index >= 15 is 0 Å². The molecule has 0 heterocycles. The number of aryl methyl sites for hydroxylation is 1. The molecule has 0 atom stereocenters. The first kappa shape index (κ1) is 13.6. The number of hydrogen-bond donors (Lipinski definition) is 0. The van der Waals surface area contributed by atoms with Gasteiger partial charge in [0, 0.05) is 0 Å². The summed E-state index contributed by atoms with van der Waals surface area (Å²) in [5, 5.41) is 0. The van der Waals surface area contributed by atoms with E-state index in [1.807, 2.05) is 19.1 Å². The fourth-order valence-corrected chi connectivity index (χ4v) is 1.74. The van der Waals surface area contributed by atoms with Crippen molar-refractivity contribution in [3.05, 3.63) is 29.3 Å². The lowest BCUT2D eigenvalue weighted by Crippen LogP contribution is -2.12. The quantitative estimate of drug-likeness (QED) is 0.577. The number of carbonyl (C=O) groups is 1. The highest BCUT2D eigenvalue weighted by atomic mass is 16.7. The monoisotopic (exact) mass is 236 g/mol. The number of hydrogen-bond acceptors (Lipinski definition) is 3. The van der Waals surface area contributed by atoms with Crippen LogP contribution in [0.5, 0.6) is 5.75 Å². The van der Waals surface area contributed by atoms with E-state index in [2.05, 4.69) is 19.9 Å². The first-order valence-corrected chi connectivity index (χ1v) is 6.18. The summed E-state index contributed by atoms with van der Waals surface area (Å²) < 4.78 is 10.1. The highest BCUT2D eigenvalue weighted by Gasteiger charge is 2.11. The van der Waals surface area contributed by atoms with Crippen LogP contribution in [0.2, 0.25) is 0 Å². The molecule has 0 aromatic heterocycles. The average Bonchev–Trinajstić information content (AvgIpc) is 2.35. The molecule has 0 aliphatic heterocycles. The zero-order valence-corrected chi connectivity index (χ0v) is 10.8. The van der Waals surface area contributed by atoms with Crippen LogP contribution in [0.25, 0.3) is 0 Å². The van der Waals surface area contributed by atoms with Gasteiger partial charge in [0.2, 0.25) is 0 Å².